The summed E-state index contributed by atoms with van der Waals surface area (Å²) < 4.78 is 33.6. The number of aromatic nitrogens is 2. The van der Waals surface area contributed by atoms with Gasteiger partial charge in [-0.3, -0.25) is 28.7 Å². The monoisotopic (exact) mass is 794 g/mol. The number of amides is 4. The fourth-order valence-electron chi connectivity index (χ4n) is 8.29. The van der Waals surface area contributed by atoms with Gasteiger partial charge in [-0.05, 0) is 78.4 Å². The minimum Gasteiger partial charge on any atom is -0.460 e. The second kappa shape index (κ2) is 15.1. The maximum Gasteiger partial charge on any atom is 0.307 e. The Morgan fingerprint density at radius 3 is 2.53 bits per heavy atom. The van der Waals surface area contributed by atoms with Gasteiger partial charge < -0.3 is 19.9 Å². The van der Waals surface area contributed by atoms with E-state index < -0.39 is 68.0 Å². The molecule has 5 aliphatic rings. The van der Waals surface area contributed by atoms with Crippen molar-refractivity contribution in [3.05, 3.63) is 46.4 Å². The predicted molar refractivity (Wildman–Crippen MR) is 204 cm³/mol. The normalized spacial score (nSPS) is 29.2. The van der Waals surface area contributed by atoms with E-state index in [1.165, 1.54) is 16.2 Å². The molecule has 55 heavy (non-hydrogen) atoms. The van der Waals surface area contributed by atoms with Gasteiger partial charge in [-0.1, -0.05) is 31.1 Å². The standard InChI is InChI=1S/C39H50N6O8S2/c1-23-40-31(22-54-23)29-13-10-14-30(41-29)36(49)44-19-25-20-45-33(28(25)21-44)34(47)42-39(37(50)43-55(51,52)27-15-16-27)18-26(39)12-9-7-5-6-8-11-24(35(45)48)17-32(46)53-38(2,3)4/h9-10,12-14,22,24-28,33H,5-8,11,15-21H2,1-4H3,(H,42,47)(H,43,50)/b12-9-/t24-,25+,26-,28+,33+,39-/m1/s1. The van der Waals surface area contributed by atoms with Crippen LogP contribution in [0.1, 0.15) is 94.1 Å². The van der Waals surface area contributed by atoms with Crippen LogP contribution in [0.15, 0.2) is 35.7 Å². The van der Waals surface area contributed by atoms with E-state index in [9.17, 15) is 32.4 Å². The molecule has 2 saturated heterocycles. The van der Waals surface area contributed by atoms with E-state index in [0.29, 0.717) is 43.5 Å². The molecule has 2 N–H and O–H groups in total. The number of aryl methyl sites for hydroxylation is 1. The number of nitrogens with zero attached hydrogens (tertiary/aromatic N) is 4. The number of fused-ring (bicyclic) bond motifs is 4. The lowest BCUT2D eigenvalue weighted by atomic mass is 9.92. The van der Waals surface area contributed by atoms with Gasteiger partial charge in [-0.15, -0.1) is 11.3 Å². The van der Waals surface area contributed by atoms with Crippen molar-refractivity contribution < 1.29 is 37.1 Å². The minimum atomic E-state index is -3.90. The van der Waals surface area contributed by atoms with Gasteiger partial charge in [0.2, 0.25) is 21.8 Å². The fourth-order valence-corrected chi connectivity index (χ4v) is 10.3. The smallest absolute Gasteiger partial charge is 0.307 e. The molecule has 2 aromatic rings. The average molecular weight is 795 g/mol. The Kier molecular flexibility index (Phi) is 10.7. The van der Waals surface area contributed by atoms with Crippen molar-refractivity contribution in [3.63, 3.8) is 0 Å². The molecule has 5 heterocycles. The summed E-state index contributed by atoms with van der Waals surface area (Å²) in [4.78, 5) is 82.5. The van der Waals surface area contributed by atoms with Crippen LogP contribution < -0.4 is 10.0 Å². The Labute approximate surface area is 325 Å². The summed E-state index contributed by atoms with van der Waals surface area (Å²) in [6.07, 6.45) is 8.29. The summed E-state index contributed by atoms with van der Waals surface area (Å²) >= 11 is 1.49. The molecule has 7 rings (SSSR count). The molecule has 4 amide bonds. The molecule has 2 saturated carbocycles. The van der Waals surface area contributed by atoms with Crippen LogP contribution in [-0.4, -0.2) is 99.8 Å². The van der Waals surface area contributed by atoms with Crippen LogP contribution in [0, 0.1) is 30.6 Å². The first-order chi connectivity index (χ1) is 26.0. The number of hydrogen-bond donors (Lipinski definition) is 2. The van der Waals surface area contributed by atoms with Crippen LogP contribution in [0.2, 0.25) is 0 Å². The zero-order chi connectivity index (χ0) is 39.3. The van der Waals surface area contributed by atoms with Crippen molar-refractivity contribution in [1.29, 1.82) is 0 Å². The van der Waals surface area contributed by atoms with Crippen LogP contribution in [0.5, 0.6) is 0 Å². The Bertz CT molecular complexity index is 2010. The molecule has 0 aromatic carbocycles. The number of nitrogens with one attached hydrogen (secondary N) is 2. The summed E-state index contributed by atoms with van der Waals surface area (Å²) in [5.74, 6) is -4.46. The first-order valence-corrected chi connectivity index (χ1v) is 21.7. The molecule has 0 radical (unpaired) electrons. The highest BCUT2D eigenvalue weighted by molar-refractivity contribution is 7.91. The lowest BCUT2D eigenvalue weighted by Gasteiger charge is -2.33. The van der Waals surface area contributed by atoms with Crippen LogP contribution in [-0.2, 0) is 33.9 Å². The Morgan fingerprint density at radius 1 is 1.04 bits per heavy atom. The number of thiazole rings is 1. The van der Waals surface area contributed by atoms with E-state index in [2.05, 4.69) is 20.0 Å². The van der Waals surface area contributed by atoms with Crippen LogP contribution in [0.3, 0.4) is 0 Å². The number of esters is 1. The molecule has 4 fully saturated rings. The SMILES string of the molecule is Cc1nc(-c2cccc(C(=O)N3C[C@H]4CN5C(=O)[C@@H](CC(=O)OC(C)(C)C)CCCCC/C=C\[C@@H]6C[C@@]6(C(=O)NS(=O)(=O)C6CC6)NC(=O)[C@@H]5[C@H]4C3)n2)cs1. The minimum absolute atomic E-state index is 0.144. The highest BCUT2D eigenvalue weighted by Crippen LogP contribution is 2.47. The van der Waals surface area contributed by atoms with Crippen LogP contribution >= 0.6 is 11.3 Å². The van der Waals surface area contributed by atoms with Gasteiger partial charge in [0.1, 0.15) is 22.9 Å². The first-order valence-electron chi connectivity index (χ1n) is 19.3. The molecule has 3 aliphatic heterocycles. The number of carbonyl (C=O) groups is 5. The number of rotatable bonds is 7. The molecule has 16 heteroatoms. The number of sulfonamides is 1. The number of carbonyl (C=O) groups excluding carboxylic acids is 5. The summed E-state index contributed by atoms with van der Waals surface area (Å²) in [6.45, 7) is 7.79. The lowest BCUT2D eigenvalue weighted by Crippen LogP contribution is -2.58. The molecule has 0 unspecified atom stereocenters. The van der Waals surface area contributed by atoms with Crippen molar-refractivity contribution in [2.24, 2.45) is 23.7 Å². The van der Waals surface area contributed by atoms with Crippen LogP contribution in [0.25, 0.3) is 11.4 Å². The quantitative estimate of drug-likeness (QED) is 0.309. The lowest BCUT2D eigenvalue weighted by molar-refractivity contribution is -0.159. The largest absolute Gasteiger partial charge is 0.460 e. The van der Waals surface area contributed by atoms with E-state index in [-0.39, 0.29) is 55.9 Å². The van der Waals surface area contributed by atoms with Gasteiger partial charge in [0.05, 0.1) is 28.1 Å². The third-order valence-electron chi connectivity index (χ3n) is 11.3. The van der Waals surface area contributed by atoms with Crippen molar-refractivity contribution in [1.82, 2.24) is 29.8 Å². The Hall–Kier alpha value is -4.18. The summed E-state index contributed by atoms with van der Waals surface area (Å²) in [5.41, 5.74) is -0.769. The van der Waals surface area contributed by atoms with Gasteiger partial charge in [0.25, 0.3) is 11.8 Å². The van der Waals surface area contributed by atoms with E-state index in [4.69, 9.17) is 4.74 Å². The van der Waals surface area contributed by atoms with Gasteiger partial charge in [-0.2, -0.15) is 0 Å². The molecule has 2 aromatic heterocycles. The fraction of sp³-hybridized carbons (Fsp3) is 0.615. The van der Waals surface area contributed by atoms with Gasteiger partial charge in [-0.25, -0.2) is 18.4 Å². The molecule has 0 spiro atoms. The number of pyridine rings is 1. The van der Waals surface area contributed by atoms with E-state index in [0.717, 1.165) is 17.8 Å². The highest BCUT2D eigenvalue weighted by Gasteiger charge is 2.63. The molecule has 6 atom stereocenters. The third-order valence-corrected chi connectivity index (χ3v) is 13.9. The maximum absolute atomic E-state index is 14.7. The molecular formula is C39H50N6O8S2. The number of hydrogen-bond acceptors (Lipinski definition) is 11. The number of ether oxygens (including phenoxy) is 1. The summed E-state index contributed by atoms with van der Waals surface area (Å²) in [7, 11) is -3.90. The van der Waals surface area contributed by atoms with Gasteiger partial charge >= 0.3 is 5.97 Å². The Morgan fingerprint density at radius 2 is 1.82 bits per heavy atom. The van der Waals surface area contributed by atoms with Crippen LogP contribution in [0.4, 0.5) is 0 Å². The molecular weight excluding hydrogens is 745 g/mol. The zero-order valence-corrected chi connectivity index (χ0v) is 33.4. The summed E-state index contributed by atoms with van der Waals surface area (Å²) in [5, 5.41) is 5.07. The third kappa shape index (κ3) is 8.49. The Balaban J connectivity index is 1.18. The van der Waals surface area contributed by atoms with Crippen molar-refractivity contribution >= 4 is 51.0 Å². The molecule has 0 bridgehead atoms. The van der Waals surface area contributed by atoms with E-state index >= 15 is 0 Å². The van der Waals surface area contributed by atoms with E-state index in [1.54, 1.807) is 43.9 Å². The van der Waals surface area contributed by atoms with Gasteiger partial charge in [0.15, 0.2) is 0 Å². The van der Waals surface area contributed by atoms with Gasteiger partial charge in [0, 0.05) is 48.7 Å². The number of likely N-dealkylation sites (tertiary alicyclic amines) is 1. The number of allylic oxidation sites excluding steroid dienone is 1. The second-order valence-electron chi connectivity index (χ2n) is 16.7. The predicted octanol–water partition coefficient (Wildman–Crippen LogP) is 3.76. The van der Waals surface area contributed by atoms with Crippen molar-refractivity contribution in [2.75, 3.05) is 19.6 Å². The van der Waals surface area contributed by atoms with Crippen molar-refractivity contribution in [2.45, 2.75) is 108 Å². The molecule has 296 valence electrons. The van der Waals surface area contributed by atoms with E-state index in [1.807, 2.05) is 24.5 Å². The molecule has 2 aliphatic carbocycles. The highest BCUT2D eigenvalue weighted by atomic mass is 32.2. The van der Waals surface area contributed by atoms with Crippen molar-refractivity contribution in [3.8, 4) is 11.4 Å². The average Bonchev–Trinajstić information content (AvgIpc) is 3.96. The zero-order valence-electron chi connectivity index (χ0n) is 31.8. The summed E-state index contributed by atoms with van der Waals surface area (Å²) in [6, 6.07) is 4.12. The molecule has 14 nitrogen and oxygen atoms in total. The maximum atomic E-state index is 14.7. The topological polar surface area (TPSA) is 185 Å². The second-order valence-corrected chi connectivity index (χ2v) is 19.8. The first kappa shape index (κ1) is 39.1.